The van der Waals surface area contributed by atoms with Crippen LogP contribution in [0, 0.1) is 5.92 Å². The second kappa shape index (κ2) is 7.90. The number of amides is 1. The molecule has 3 aromatic rings. The molecule has 0 aromatic carbocycles. The lowest BCUT2D eigenvalue weighted by Gasteiger charge is -2.34. The molecule has 0 unspecified atom stereocenters. The largest absolute Gasteiger partial charge is 0.342 e. The van der Waals surface area contributed by atoms with E-state index in [1.54, 1.807) is 11.3 Å². The molecule has 0 spiro atoms. The van der Waals surface area contributed by atoms with E-state index in [4.69, 9.17) is 0 Å². The molecule has 1 fully saturated rings. The van der Waals surface area contributed by atoms with Gasteiger partial charge in [0.1, 0.15) is 12.0 Å². The van der Waals surface area contributed by atoms with E-state index < -0.39 is 6.43 Å². The van der Waals surface area contributed by atoms with Crippen molar-refractivity contribution in [2.75, 3.05) is 13.1 Å². The lowest BCUT2D eigenvalue weighted by Crippen LogP contribution is -2.42. The Balaban J connectivity index is 1.52. The number of hydrogen-bond donors (Lipinski definition) is 0. The van der Waals surface area contributed by atoms with Crippen molar-refractivity contribution in [3.8, 4) is 0 Å². The summed E-state index contributed by atoms with van der Waals surface area (Å²) >= 11 is 1.65. The molecule has 4 heterocycles. The highest BCUT2D eigenvalue weighted by molar-refractivity contribution is 7.09. The van der Waals surface area contributed by atoms with Crippen LogP contribution in [0.1, 0.15) is 48.4 Å². The Kier molecular flexibility index (Phi) is 5.34. The van der Waals surface area contributed by atoms with Gasteiger partial charge in [-0.2, -0.15) is 14.6 Å². The van der Waals surface area contributed by atoms with E-state index in [9.17, 15) is 13.6 Å². The molecule has 2 atom stereocenters. The average molecular weight is 405 g/mol. The highest BCUT2D eigenvalue weighted by Crippen LogP contribution is 2.30. The molecular weight excluding hydrogens is 384 g/mol. The lowest BCUT2D eigenvalue weighted by molar-refractivity contribution is -0.136. The fourth-order valence-electron chi connectivity index (χ4n) is 3.77. The van der Waals surface area contributed by atoms with Gasteiger partial charge in [-0.05, 0) is 36.8 Å². The van der Waals surface area contributed by atoms with Gasteiger partial charge in [-0.25, -0.2) is 13.8 Å². The van der Waals surface area contributed by atoms with Crippen LogP contribution in [0.15, 0.2) is 29.9 Å². The molecule has 1 amide bonds. The molecule has 1 aliphatic heterocycles. The fourth-order valence-corrected chi connectivity index (χ4v) is 4.60. The van der Waals surface area contributed by atoms with Crippen molar-refractivity contribution in [3.63, 3.8) is 0 Å². The highest BCUT2D eigenvalue weighted by atomic mass is 32.1. The van der Waals surface area contributed by atoms with Crippen LogP contribution in [-0.2, 0) is 11.2 Å². The van der Waals surface area contributed by atoms with Crippen LogP contribution in [-0.4, -0.2) is 43.5 Å². The third kappa shape index (κ3) is 3.76. The zero-order valence-electron chi connectivity index (χ0n) is 15.5. The molecule has 0 N–H and O–H groups in total. The second-order valence-electron chi connectivity index (χ2n) is 7.19. The first-order valence-corrected chi connectivity index (χ1v) is 10.2. The van der Waals surface area contributed by atoms with Gasteiger partial charge < -0.3 is 4.90 Å². The minimum Gasteiger partial charge on any atom is -0.342 e. The van der Waals surface area contributed by atoms with E-state index in [0.717, 1.165) is 23.8 Å². The zero-order valence-corrected chi connectivity index (χ0v) is 16.3. The maximum atomic E-state index is 13.4. The summed E-state index contributed by atoms with van der Waals surface area (Å²) in [5.41, 5.74) is 0.339. The minimum absolute atomic E-state index is 0.0779. The van der Waals surface area contributed by atoms with E-state index in [1.165, 1.54) is 17.3 Å². The number of carbonyl (C=O) groups is 1. The Morgan fingerprint density at radius 1 is 1.43 bits per heavy atom. The van der Waals surface area contributed by atoms with Crippen LogP contribution in [0.3, 0.4) is 0 Å². The number of halogens is 2. The second-order valence-corrected chi connectivity index (χ2v) is 8.22. The first-order chi connectivity index (χ1) is 13.5. The van der Waals surface area contributed by atoms with E-state index in [2.05, 4.69) is 15.1 Å². The van der Waals surface area contributed by atoms with E-state index in [0.29, 0.717) is 18.8 Å². The van der Waals surface area contributed by atoms with Crippen LogP contribution in [0.5, 0.6) is 0 Å². The van der Waals surface area contributed by atoms with Crippen molar-refractivity contribution in [2.24, 2.45) is 5.92 Å². The highest BCUT2D eigenvalue weighted by Gasteiger charge is 2.29. The number of hydrogen-bond acceptors (Lipinski definition) is 5. The number of carbonyl (C=O) groups excluding carboxylic acids is 1. The van der Waals surface area contributed by atoms with Crippen molar-refractivity contribution in [1.29, 1.82) is 0 Å². The van der Waals surface area contributed by atoms with Crippen LogP contribution < -0.4 is 0 Å². The topological polar surface area (TPSA) is 63.4 Å². The third-order valence-electron chi connectivity index (χ3n) is 5.18. The first kappa shape index (κ1) is 18.9. The van der Waals surface area contributed by atoms with Crippen LogP contribution in [0.25, 0.3) is 5.78 Å². The van der Waals surface area contributed by atoms with E-state index >= 15 is 0 Å². The molecule has 4 rings (SSSR count). The van der Waals surface area contributed by atoms with Gasteiger partial charge >= 0.3 is 0 Å². The molecule has 0 bridgehead atoms. The number of thiophene rings is 1. The molecule has 9 heteroatoms. The zero-order chi connectivity index (χ0) is 19.7. The van der Waals surface area contributed by atoms with Gasteiger partial charge in [0.2, 0.25) is 5.91 Å². The summed E-state index contributed by atoms with van der Waals surface area (Å²) in [7, 11) is 0. The minimum atomic E-state index is -2.67. The number of alkyl halides is 2. The predicted octanol–water partition coefficient (Wildman–Crippen LogP) is 3.71. The van der Waals surface area contributed by atoms with Crippen molar-refractivity contribution >= 4 is 23.0 Å². The molecule has 28 heavy (non-hydrogen) atoms. The van der Waals surface area contributed by atoms with Crippen molar-refractivity contribution in [2.45, 2.75) is 38.5 Å². The number of likely N-dealkylation sites (tertiary alicyclic amines) is 1. The summed E-state index contributed by atoms with van der Waals surface area (Å²) < 4.78 is 27.9. The van der Waals surface area contributed by atoms with Gasteiger partial charge in [-0.15, -0.1) is 11.3 Å². The van der Waals surface area contributed by atoms with Crippen molar-refractivity contribution in [3.05, 3.63) is 46.2 Å². The summed E-state index contributed by atoms with van der Waals surface area (Å²) in [4.78, 5) is 24.3. The average Bonchev–Trinajstić information content (AvgIpc) is 3.38. The maximum Gasteiger partial charge on any atom is 0.280 e. The standard InChI is InChI=1S/C19H21F2N5OS/c1-12(8-14-5-3-7-28-14)18(27)25-6-2-4-13(10-25)15-9-16(17(20)21)26-19(24-15)22-11-23-26/h3,5,7,9,11-13,17H,2,4,6,8,10H2,1H3/t12-,13+/m0/s1. The third-order valence-corrected chi connectivity index (χ3v) is 6.08. The van der Waals surface area contributed by atoms with Crippen LogP contribution in [0.2, 0.25) is 0 Å². The van der Waals surface area contributed by atoms with Gasteiger partial charge in [0, 0.05) is 29.8 Å². The molecule has 148 valence electrons. The smallest absolute Gasteiger partial charge is 0.280 e. The molecular formula is C19H21F2N5OS. The Labute approximate surface area is 165 Å². The predicted molar refractivity (Wildman–Crippen MR) is 101 cm³/mol. The van der Waals surface area contributed by atoms with Crippen LogP contribution in [0.4, 0.5) is 8.78 Å². The van der Waals surface area contributed by atoms with Gasteiger partial charge in [0.05, 0.1) is 5.69 Å². The summed E-state index contributed by atoms with van der Waals surface area (Å²) in [5, 5.41) is 5.84. The Morgan fingerprint density at radius 3 is 3.04 bits per heavy atom. The monoisotopic (exact) mass is 405 g/mol. The first-order valence-electron chi connectivity index (χ1n) is 9.33. The van der Waals surface area contributed by atoms with Crippen molar-refractivity contribution in [1.82, 2.24) is 24.5 Å². The van der Waals surface area contributed by atoms with Gasteiger partial charge in [-0.3, -0.25) is 4.79 Å². The molecule has 3 aromatic heterocycles. The number of nitrogens with zero attached hydrogens (tertiary/aromatic N) is 5. The lowest BCUT2D eigenvalue weighted by atomic mass is 9.92. The van der Waals surface area contributed by atoms with Gasteiger partial charge in [-0.1, -0.05) is 13.0 Å². The molecule has 0 aliphatic carbocycles. The molecule has 1 aliphatic rings. The Hall–Kier alpha value is -2.42. The Morgan fingerprint density at radius 2 is 2.29 bits per heavy atom. The summed E-state index contributed by atoms with van der Waals surface area (Å²) in [6, 6.07) is 5.43. The molecule has 0 radical (unpaired) electrons. The number of aromatic nitrogens is 4. The number of fused-ring (bicyclic) bond motifs is 1. The summed E-state index contributed by atoms with van der Waals surface area (Å²) in [6.07, 6.45) is 0.908. The maximum absolute atomic E-state index is 13.4. The summed E-state index contributed by atoms with van der Waals surface area (Å²) in [6.45, 7) is 3.13. The van der Waals surface area contributed by atoms with E-state index in [1.807, 2.05) is 29.3 Å². The molecule has 6 nitrogen and oxygen atoms in total. The molecule has 1 saturated heterocycles. The number of piperidine rings is 1. The van der Waals surface area contributed by atoms with Gasteiger partial charge in [0.15, 0.2) is 0 Å². The van der Waals surface area contributed by atoms with Gasteiger partial charge in [0.25, 0.3) is 12.2 Å². The normalized spacial score (nSPS) is 18.7. The SMILES string of the molecule is C[C@@H](Cc1cccs1)C(=O)N1CCC[C@@H](c2cc(C(F)F)n3ncnc3n2)C1. The summed E-state index contributed by atoms with van der Waals surface area (Å²) in [5.74, 6) is 0.0878. The fraction of sp³-hybridized carbons (Fsp3) is 0.474. The van der Waals surface area contributed by atoms with Crippen molar-refractivity contribution < 1.29 is 13.6 Å². The Bertz CT molecular complexity index is 959. The quantitative estimate of drug-likeness (QED) is 0.649. The van der Waals surface area contributed by atoms with Crippen LogP contribution >= 0.6 is 11.3 Å². The number of rotatable bonds is 5. The molecule has 0 saturated carbocycles. The van der Waals surface area contributed by atoms with E-state index in [-0.39, 0.29) is 29.2 Å².